The third-order valence-corrected chi connectivity index (χ3v) is 2.91. The Morgan fingerprint density at radius 1 is 1.43 bits per heavy atom. The number of amides is 1. The minimum Gasteiger partial charge on any atom is -0.361 e. The average molecular weight is 329 g/mol. The molecule has 0 aromatic carbocycles. The van der Waals surface area contributed by atoms with Gasteiger partial charge in [0.25, 0.3) is 5.91 Å². The van der Waals surface area contributed by atoms with Crippen molar-refractivity contribution in [2.24, 2.45) is 0 Å². The molecule has 0 aliphatic carbocycles. The van der Waals surface area contributed by atoms with E-state index in [4.69, 9.17) is 9.26 Å². The Hall–Kier alpha value is -2.42. The van der Waals surface area contributed by atoms with E-state index in [1.54, 1.807) is 13.8 Å². The number of pyridine rings is 1. The highest BCUT2D eigenvalue weighted by Gasteiger charge is 2.37. The van der Waals surface area contributed by atoms with Gasteiger partial charge in [-0.2, -0.15) is 13.2 Å². The van der Waals surface area contributed by atoms with Crippen molar-refractivity contribution in [1.29, 1.82) is 0 Å². The van der Waals surface area contributed by atoms with Gasteiger partial charge in [-0.25, -0.2) is 0 Å². The normalized spacial score (nSPS) is 11.5. The molecule has 0 saturated heterocycles. The molecule has 23 heavy (non-hydrogen) atoms. The Morgan fingerprint density at radius 2 is 2.17 bits per heavy atom. The second kappa shape index (κ2) is 6.78. The maximum Gasteiger partial charge on any atom is 0.417 e. The molecule has 9 heteroatoms. The van der Waals surface area contributed by atoms with E-state index in [1.165, 1.54) is 6.07 Å². The molecule has 0 unspecified atom stereocenters. The summed E-state index contributed by atoms with van der Waals surface area (Å²) < 4.78 is 49.3. The number of nitrogens with zero attached hydrogens (tertiary/aromatic N) is 3. The third kappa shape index (κ3) is 3.86. The van der Waals surface area contributed by atoms with Gasteiger partial charge >= 0.3 is 6.18 Å². The third-order valence-electron chi connectivity index (χ3n) is 2.91. The number of aryl methyl sites for hydroxylation is 1. The highest BCUT2D eigenvalue weighted by atomic mass is 19.4. The Labute approximate surface area is 129 Å². The molecule has 0 atom stereocenters. The molecule has 1 amide bonds. The summed E-state index contributed by atoms with van der Waals surface area (Å²) >= 11 is 0. The van der Waals surface area contributed by atoms with Crippen LogP contribution in [0.15, 0.2) is 29.0 Å². The van der Waals surface area contributed by atoms with E-state index in [-0.39, 0.29) is 19.2 Å². The number of hydrogen-bond donors (Lipinski definition) is 0. The molecular weight excluding hydrogens is 315 g/mol. The van der Waals surface area contributed by atoms with Crippen LogP contribution >= 0.6 is 0 Å². The molecule has 0 bridgehead atoms. The lowest BCUT2D eigenvalue weighted by molar-refractivity contribution is -0.138. The summed E-state index contributed by atoms with van der Waals surface area (Å²) in [5.41, 5.74) is -1.18. The Morgan fingerprint density at radius 3 is 2.74 bits per heavy atom. The summed E-state index contributed by atoms with van der Waals surface area (Å²) in [7, 11) is 0. The van der Waals surface area contributed by atoms with Gasteiger partial charge in [0, 0.05) is 25.1 Å². The first kappa shape index (κ1) is 16.9. The number of rotatable bonds is 5. The minimum atomic E-state index is -4.68. The SMILES string of the molecule is CCOCN(C(=O)c1cnccc1C(F)(F)F)c1cc(C)no1. The van der Waals surface area contributed by atoms with Gasteiger partial charge in [-0.1, -0.05) is 5.16 Å². The molecule has 2 aromatic heterocycles. The number of anilines is 1. The summed E-state index contributed by atoms with van der Waals surface area (Å²) in [5.74, 6) is -0.937. The second-order valence-electron chi connectivity index (χ2n) is 4.58. The van der Waals surface area contributed by atoms with Gasteiger partial charge in [-0.05, 0) is 19.9 Å². The molecule has 0 spiro atoms. The van der Waals surface area contributed by atoms with Gasteiger partial charge in [0.2, 0.25) is 5.88 Å². The lowest BCUT2D eigenvalue weighted by Crippen LogP contribution is -2.34. The standard InChI is InChI=1S/C14H14F3N3O3/c1-3-22-8-20(12-6-9(2)19-23-12)13(21)10-7-18-5-4-11(10)14(15,16)17/h4-7H,3,8H2,1-2H3. The molecule has 6 nitrogen and oxygen atoms in total. The van der Waals surface area contributed by atoms with Crippen molar-refractivity contribution in [2.75, 3.05) is 18.2 Å². The van der Waals surface area contributed by atoms with Gasteiger partial charge in [0.05, 0.1) is 16.8 Å². The molecule has 2 rings (SSSR count). The largest absolute Gasteiger partial charge is 0.417 e. The summed E-state index contributed by atoms with van der Waals surface area (Å²) in [4.78, 5) is 17.1. The molecule has 0 saturated carbocycles. The first-order valence-corrected chi connectivity index (χ1v) is 6.68. The number of aromatic nitrogens is 2. The van der Waals surface area contributed by atoms with Crippen molar-refractivity contribution in [3.05, 3.63) is 41.3 Å². The van der Waals surface area contributed by atoms with Crippen LogP contribution < -0.4 is 4.90 Å². The Kier molecular flexibility index (Phi) is 4.99. The topological polar surface area (TPSA) is 68.5 Å². The van der Waals surface area contributed by atoms with Gasteiger partial charge in [-0.3, -0.25) is 14.7 Å². The van der Waals surface area contributed by atoms with Gasteiger partial charge < -0.3 is 9.26 Å². The zero-order chi connectivity index (χ0) is 17.0. The maximum atomic E-state index is 13.1. The summed E-state index contributed by atoms with van der Waals surface area (Å²) in [5, 5.41) is 3.63. The van der Waals surface area contributed by atoms with E-state index in [0.717, 1.165) is 23.4 Å². The molecule has 124 valence electrons. The summed E-state index contributed by atoms with van der Waals surface area (Å²) in [6.45, 7) is 3.33. The van der Waals surface area contributed by atoms with E-state index in [0.29, 0.717) is 5.69 Å². The fourth-order valence-corrected chi connectivity index (χ4v) is 1.84. The van der Waals surface area contributed by atoms with Gasteiger partial charge in [-0.15, -0.1) is 0 Å². The van der Waals surface area contributed by atoms with E-state index < -0.39 is 23.2 Å². The number of alkyl halides is 3. The predicted molar refractivity (Wildman–Crippen MR) is 73.8 cm³/mol. The molecule has 2 aromatic rings. The molecule has 2 heterocycles. The van der Waals surface area contributed by atoms with Crippen LogP contribution in [0.2, 0.25) is 0 Å². The molecule has 0 aliphatic rings. The average Bonchev–Trinajstić information content (AvgIpc) is 2.93. The highest BCUT2D eigenvalue weighted by molar-refractivity contribution is 6.06. The lowest BCUT2D eigenvalue weighted by Gasteiger charge is -2.20. The lowest BCUT2D eigenvalue weighted by atomic mass is 10.1. The van der Waals surface area contributed by atoms with Crippen LogP contribution in [0.5, 0.6) is 0 Å². The number of hydrogen-bond acceptors (Lipinski definition) is 5. The quantitative estimate of drug-likeness (QED) is 0.789. The van der Waals surface area contributed by atoms with E-state index >= 15 is 0 Å². The summed E-state index contributed by atoms with van der Waals surface area (Å²) in [6, 6.07) is 2.18. The molecule has 0 aliphatic heterocycles. The maximum absolute atomic E-state index is 13.1. The second-order valence-corrected chi connectivity index (χ2v) is 4.58. The number of carbonyl (C=O) groups excluding carboxylic acids is 1. The fraction of sp³-hybridized carbons (Fsp3) is 0.357. The van der Waals surface area contributed by atoms with Crippen LogP contribution in [0.3, 0.4) is 0 Å². The first-order chi connectivity index (χ1) is 10.8. The van der Waals surface area contributed by atoms with Crippen molar-refractivity contribution >= 4 is 11.8 Å². The summed E-state index contributed by atoms with van der Waals surface area (Å²) in [6.07, 6.45) is -2.83. The van der Waals surface area contributed by atoms with Gasteiger partial charge in [0.1, 0.15) is 6.73 Å². The highest BCUT2D eigenvalue weighted by Crippen LogP contribution is 2.32. The number of ether oxygens (including phenoxy) is 1. The van der Waals surface area contributed by atoms with Crippen LogP contribution in [0.4, 0.5) is 19.1 Å². The van der Waals surface area contributed by atoms with E-state index in [2.05, 4.69) is 10.1 Å². The Balaban J connectivity index is 2.42. The van der Waals surface area contributed by atoms with Crippen molar-refractivity contribution < 1.29 is 27.2 Å². The van der Waals surface area contributed by atoms with E-state index in [9.17, 15) is 18.0 Å². The van der Waals surface area contributed by atoms with Crippen molar-refractivity contribution in [3.8, 4) is 0 Å². The smallest absolute Gasteiger partial charge is 0.361 e. The van der Waals surface area contributed by atoms with Crippen LogP contribution in [-0.2, 0) is 10.9 Å². The zero-order valence-corrected chi connectivity index (χ0v) is 12.4. The first-order valence-electron chi connectivity index (χ1n) is 6.68. The van der Waals surface area contributed by atoms with E-state index in [1.807, 2.05) is 0 Å². The minimum absolute atomic E-state index is 0.00192. The monoisotopic (exact) mass is 329 g/mol. The van der Waals surface area contributed by atoms with Crippen molar-refractivity contribution in [1.82, 2.24) is 10.1 Å². The van der Waals surface area contributed by atoms with Crippen LogP contribution in [0.1, 0.15) is 28.5 Å². The molecule has 0 fully saturated rings. The van der Waals surface area contributed by atoms with Crippen LogP contribution in [0.25, 0.3) is 0 Å². The predicted octanol–water partition coefficient (Wildman–Crippen LogP) is 3.04. The van der Waals surface area contributed by atoms with Crippen LogP contribution in [0, 0.1) is 6.92 Å². The van der Waals surface area contributed by atoms with Gasteiger partial charge in [0.15, 0.2) is 0 Å². The fourth-order valence-electron chi connectivity index (χ4n) is 1.84. The van der Waals surface area contributed by atoms with Crippen LogP contribution in [-0.4, -0.2) is 29.4 Å². The number of carbonyl (C=O) groups is 1. The van der Waals surface area contributed by atoms with Crippen molar-refractivity contribution in [3.63, 3.8) is 0 Å². The number of halogens is 3. The molecule has 0 N–H and O–H groups in total. The Bertz CT molecular complexity index is 685. The molecular formula is C14H14F3N3O3. The molecule has 0 radical (unpaired) electrons. The zero-order valence-electron chi connectivity index (χ0n) is 12.4. The van der Waals surface area contributed by atoms with Crippen molar-refractivity contribution in [2.45, 2.75) is 20.0 Å².